The van der Waals surface area contributed by atoms with Crippen molar-refractivity contribution in [3.05, 3.63) is 23.8 Å². The van der Waals surface area contributed by atoms with E-state index >= 15 is 0 Å². The first kappa shape index (κ1) is 19.2. The van der Waals surface area contributed by atoms with E-state index in [4.69, 9.17) is 9.47 Å². The van der Waals surface area contributed by atoms with Crippen LogP contribution in [0.4, 0.5) is 0 Å². The van der Waals surface area contributed by atoms with Gasteiger partial charge in [-0.1, -0.05) is 0 Å². The Morgan fingerprint density at radius 2 is 1.78 bits per heavy atom. The molecule has 0 radical (unpaired) electrons. The molecule has 2 aliphatic rings. The molecule has 1 saturated heterocycles. The third-order valence-corrected chi connectivity index (χ3v) is 4.51. The van der Waals surface area contributed by atoms with Crippen LogP contribution in [0.5, 0.6) is 11.5 Å². The van der Waals surface area contributed by atoms with Crippen molar-refractivity contribution >= 4 is 18.0 Å². The average molecular weight is 374 g/mol. The van der Waals surface area contributed by atoms with Crippen molar-refractivity contribution in [1.82, 2.24) is 16.1 Å². The van der Waals surface area contributed by atoms with Crippen molar-refractivity contribution in [2.24, 2.45) is 5.10 Å². The number of hydrazone groups is 1. The van der Waals surface area contributed by atoms with Gasteiger partial charge < -0.3 is 20.1 Å². The zero-order valence-corrected chi connectivity index (χ0v) is 16.1. The van der Waals surface area contributed by atoms with Crippen LogP contribution in [0.3, 0.4) is 0 Å². The number of fused-ring (bicyclic) bond motifs is 1. The smallest absolute Gasteiger partial charge is 0.329 e. The number of carbonyl (C=O) groups excluding carboxylic acids is 2. The number of amides is 2. The second-order valence-corrected chi connectivity index (χ2v) is 8.28. The molecular formula is C19H26N4O4. The van der Waals surface area contributed by atoms with Crippen LogP contribution < -0.4 is 25.5 Å². The van der Waals surface area contributed by atoms with E-state index in [0.717, 1.165) is 18.4 Å². The minimum atomic E-state index is -0.791. The fourth-order valence-electron chi connectivity index (χ4n) is 3.88. The van der Waals surface area contributed by atoms with Gasteiger partial charge in [0.05, 0.1) is 6.21 Å². The minimum Gasteiger partial charge on any atom is -0.454 e. The van der Waals surface area contributed by atoms with E-state index in [2.05, 4.69) is 48.9 Å². The van der Waals surface area contributed by atoms with Gasteiger partial charge in [-0.05, 0) is 64.3 Å². The lowest BCUT2D eigenvalue weighted by Gasteiger charge is -2.46. The maximum absolute atomic E-state index is 12.2. The van der Waals surface area contributed by atoms with Crippen molar-refractivity contribution in [3.8, 4) is 11.5 Å². The summed E-state index contributed by atoms with van der Waals surface area (Å²) < 4.78 is 10.5. The summed E-state index contributed by atoms with van der Waals surface area (Å²) in [4.78, 5) is 24.2. The molecule has 0 spiro atoms. The first-order chi connectivity index (χ1) is 12.6. The van der Waals surface area contributed by atoms with Gasteiger partial charge in [-0.2, -0.15) is 5.10 Å². The molecule has 3 N–H and O–H groups in total. The van der Waals surface area contributed by atoms with E-state index in [0.29, 0.717) is 11.5 Å². The molecule has 27 heavy (non-hydrogen) atoms. The molecule has 2 aliphatic heterocycles. The number of hydrogen-bond donors (Lipinski definition) is 3. The molecule has 1 aromatic carbocycles. The minimum absolute atomic E-state index is 0.0765. The van der Waals surface area contributed by atoms with Crippen molar-refractivity contribution in [1.29, 1.82) is 0 Å². The van der Waals surface area contributed by atoms with E-state index in [-0.39, 0.29) is 23.9 Å². The number of rotatable bonds is 3. The summed E-state index contributed by atoms with van der Waals surface area (Å²) in [7, 11) is 0. The molecule has 3 rings (SSSR count). The van der Waals surface area contributed by atoms with Gasteiger partial charge in [-0.15, -0.1) is 0 Å². The number of hydrogen-bond acceptors (Lipinski definition) is 6. The highest BCUT2D eigenvalue weighted by Gasteiger charge is 2.38. The highest BCUT2D eigenvalue weighted by atomic mass is 16.7. The molecule has 0 saturated carbocycles. The molecule has 2 amide bonds. The first-order valence-electron chi connectivity index (χ1n) is 8.96. The number of nitrogens with zero attached hydrogens (tertiary/aromatic N) is 1. The Hall–Kier alpha value is -2.61. The van der Waals surface area contributed by atoms with Gasteiger partial charge in [0.25, 0.3) is 0 Å². The van der Waals surface area contributed by atoms with Crippen molar-refractivity contribution in [3.63, 3.8) is 0 Å². The molecule has 8 heteroatoms. The van der Waals surface area contributed by atoms with Crippen molar-refractivity contribution < 1.29 is 19.1 Å². The summed E-state index contributed by atoms with van der Waals surface area (Å²) in [6, 6.07) is 5.21. The number of nitrogens with one attached hydrogen (secondary N) is 3. The first-order valence-corrected chi connectivity index (χ1v) is 8.96. The van der Waals surface area contributed by atoms with E-state index < -0.39 is 11.8 Å². The zero-order chi connectivity index (χ0) is 19.7. The van der Waals surface area contributed by atoms with Gasteiger partial charge in [-0.25, -0.2) is 5.43 Å². The van der Waals surface area contributed by atoms with E-state index in [1.807, 2.05) is 0 Å². The molecule has 1 fully saturated rings. The summed E-state index contributed by atoms with van der Waals surface area (Å²) in [6.45, 7) is 8.54. The second kappa shape index (κ2) is 7.19. The topological polar surface area (TPSA) is 101 Å². The lowest BCUT2D eigenvalue weighted by Crippen LogP contribution is -2.62. The Labute approximate surface area is 158 Å². The van der Waals surface area contributed by atoms with Gasteiger partial charge in [0.15, 0.2) is 11.5 Å². The molecule has 146 valence electrons. The molecule has 0 atom stereocenters. The Balaban J connectivity index is 1.52. The van der Waals surface area contributed by atoms with Gasteiger partial charge >= 0.3 is 11.8 Å². The molecule has 0 unspecified atom stereocenters. The van der Waals surface area contributed by atoms with Crippen LogP contribution in [0.15, 0.2) is 23.3 Å². The van der Waals surface area contributed by atoms with Crippen LogP contribution in [-0.2, 0) is 9.59 Å². The predicted octanol–water partition coefficient (Wildman–Crippen LogP) is 1.29. The van der Waals surface area contributed by atoms with Crippen LogP contribution in [0, 0.1) is 0 Å². The van der Waals surface area contributed by atoms with Crippen LogP contribution >= 0.6 is 0 Å². The van der Waals surface area contributed by atoms with E-state index in [1.54, 1.807) is 18.2 Å². The van der Waals surface area contributed by atoms with Gasteiger partial charge in [0.2, 0.25) is 6.79 Å². The molecule has 0 aliphatic carbocycles. The second-order valence-electron chi connectivity index (χ2n) is 8.28. The van der Waals surface area contributed by atoms with E-state index in [9.17, 15) is 9.59 Å². The Morgan fingerprint density at radius 1 is 1.11 bits per heavy atom. The highest BCUT2D eigenvalue weighted by molar-refractivity contribution is 6.35. The number of benzene rings is 1. The number of carbonyl (C=O) groups is 2. The maximum atomic E-state index is 12.2. The monoisotopic (exact) mass is 374 g/mol. The molecule has 0 bridgehead atoms. The molecular weight excluding hydrogens is 348 g/mol. The summed E-state index contributed by atoms with van der Waals surface area (Å²) in [5.74, 6) is -0.181. The predicted molar refractivity (Wildman–Crippen MR) is 101 cm³/mol. The molecule has 2 heterocycles. The normalized spacial score (nSPS) is 20.4. The molecule has 0 aromatic heterocycles. The van der Waals surface area contributed by atoms with E-state index in [1.165, 1.54) is 6.21 Å². The van der Waals surface area contributed by atoms with Gasteiger partial charge in [0, 0.05) is 17.1 Å². The van der Waals surface area contributed by atoms with Crippen LogP contribution in [0.2, 0.25) is 0 Å². The van der Waals surface area contributed by atoms with Crippen molar-refractivity contribution in [2.75, 3.05) is 6.79 Å². The summed E-state index contributed by atoms with van der Waals surface area (Å²) in [5, 5.41) is 10.2. The number of piperidine rings is 1. The third-order valence-electron chi connectivity index (χ3n) is 4.51. The standard InChI is InChI=1S/C19H26N4O4/c1-18(2)8-13(9-19(3,4)23-18)21-16(24)17(25)22-20-10-12-5-6-14-15(7-12)27-11-26-14/h5-7,10,13,23H,8-9,11H2,1-4H3,(H,21,24)(H,22,25)/b20-10+. The summed E-state index contributed by atoms with van der Waals surface area (Å²) in [5.41, 5.74) is 2.75. The Kier molecular flexibility index (Phi) is 5.10. The lowest BCUT2D eigenvalue weighted by atomic mass is 9.79. The highest BCUT2D eigenvalue weighted by Crippen LogP contribution is 2.32. The maximum Gasteiger partial charge on any atom is 0.329 e. The average Bonchev–Trinajstić information content (AvgIpc) is 2.99. The van der Waals surface area contributed by atoms with Gasteiger partial charge in [0.1, 0.15) is 0 Å². The lowest BCUT2D eigenvalue weighted by molar-refractivity contribution is -0.140. The molecule has 8 nitrogen and oxygen atoms in total. The van der Waals surface area contributed by atoms with Crippen LogP contribution in [-0.4, -0.2) is 41.9 Å². The largest absolute Gasteiger partial charge is 0.454 e. The zero-order valence-electron chi connectivity index (χ0n) is 16.1. The fourth-order valence-corrected chi connectivity index (χ4v) is 3.88. The fraction of sp³-hybridized carbons (Fsp3) is 0.526. The molecule has 1 aromatic rings. The van der Waals surface area contributed by atoms with Crippen LogP contribution in [0.1, 0.15) is 46.1 Å². The van der Waals surface area contributed by atoms with Crippen LogP contribution in [0.25, 0.3) is 0 Å². The Bertz CT molecular complexity index is 757. The summed E-state index contributed by atoms with van der Waals surface area (Å²) in [6.07, 6.45) is 2.94. The summed E-state index contributed by atoms with van der Waals surface area (Å²) >= 11 is 0. The number of ether oxygens (including phenoxy) is 2. The Morgan fingerprint density at radius 3 is 2.48 bits per heavy atom. The third kappa shape index (κ3) is 4.97. The van der Waals surface area contributed by atoms with Crippen molar-refractivity contribution in [2.45, 2.75) is 57.7 Å². The quantitative estimate of drug-likeness (QED) is 0.420. The SMILES string of the molecule is CC1(C)CC(NC(=O)C(=O)N/N=C/c2ccc3c(c2)OCO3)CC(C)(C)N1. The van der Waals surface area contributed by atoms with Gasteiger partial charge in [-0.3, -0.25) is 9.59 Å².